The van der Waals surface area contributed by atoms with Gasteiger partial charge >= 0.3 is 23.9 Å². The van der Waals surface area contributed by atoms with E-state index in [0.717, 1.165) is 27.9 Å². The van der Waals surface area contributed by atoms with Gasteiger partial charge in [-0.15, -0.1) is 0 Å². The first-order chi connectivity index (χ1) is 14.7. The summed E-state index contributed by atoms with van der Waals surface area (Å²) in [6, 6.07) is 2.97. The molecule has 0 aliphatic carbocycles. The lowest BCUT2D eigenvalue weighted by molar-refractivity contribution is -0.282. The van der Waals surface area contributed by atoms with Crippen LogP contribution in [0.15, 0.2) is 18.3 Å². The van der Waals surface area contributed by atoms with Gasteiger partial charge in [0, 0.05) is 27.0 Å². The SMILES string of the molecule is COC(=O)[C@H]1O[C@@H](Oc2cccnc2CO)[C@H](OC(C)=O)[C@@H](OC(C)=O)[C@@H]1OC(C)=O. The lowest BCUT2D eigenvalue weighted by atomic mass is 9.97. The zero-order valence-electron chi connectivity index (χ0n) is 17.3. The Hall–Kier alpha value is -3.25. The Morgan fingerprint density at radius 3 is 2.13 bits per heavy atom. The molecule has 1 aromatic rings. The summed E-state index contributed by atoms with van der Waals surface area (Å²) >= 11 is 0. The summed E-state index contributed by atoms with van der Waals surface area (Å²) in [7, 11) is 1.08. The summed E-state index contributed by atoms with van der Waals surface area (Å²) < 4.78 is 31.7. The van der Waals surface area contributed by atoms with E-state index in [1.54, 1.807) is 0 Å². The zero-order valence-corrected chi connectivity index (χ0v) is 17.3. The highest BCUT2D eigenvalue weighted by Crippen LogP contribution is 2.31. The molecule has 0 spiro atoms. The molecule has 5 atom stereocenters. The van der Waals surface area contributed by atoms with Gasteiger partial charge in [0.05, 0.1) is 13.7 Å². The van der Waals surface area contributed by atoms with Crippen molar-refractivity contribution in [2.75, 3.05) is 7.11 Å². The summed E-state index contributed by atoms with van der Waals surface area (Å²) in [5.74, 6) is -3.29. The summed E-state index contributed by atoms with van der Waals surface area (Å²) in [4.78, 5) is 51.4. The molecular formula is C19H23NO11. The second-order valence-electron chi connectivity index (χ2n) is 6.39. The van der Waals surface area contributed by atoms with Crippen LogP contribution in [0.25, 0.3) is 0 Å². The molecule has 0 unspecified atom stereocenters. The van der Waals surface area contributed by atoms with Crippen LogP contribution in [0.4, 0.5) is 0 Å². The molecule has 0 amide bonds. The molecule has 0 radical (unpaired) electrons. The number of carbonyl (C=O) groups excluding carboxylic acids is 4. The zero-order chi connectivity index (χ0) is 23.1. The summed E-state index contributed by atoms with van der Waals surface area (Å²) in [6.07, 6.45) is -6.09. The van der Waals surface area contributed by atoms with Crippen molar-refractivity contribution in [3.8, 4) is 5.75 Å². The number of nitrogens with zero attached hydrogens (tertiary/aromatic N) is 1. The lowest BCUT2D eigenvalue weighted by Gasteiger charge is -2.43. The minimum Gasteiger partial charge on any atom is -0.467 e. The fraction of sp³-hybridized carbons (Fsp3) is 0.526. The number of aliphatic hydroxyl groups excluding tert-OH is 1. The molecule has 1 fully saturated rings. The predicted molar refractivity (Wildman–Crippen MR) is 98.1 cm³/mol. The molecule has 31 heavy (non-hydrogen) atoms. The number of carbonyl (C=O) groups is 4. The molecule has 2 rings (SSSR count). The Morgan fingerprint density at radius 1 is 1.00 bits per heavy atom. The first-order valence-electron chi connectivity index (χ1n) is 9.14. The van der Waals surface area contributed by atoms with Gasteiger partial charge in [-0.1, -0.05) is 0 Å². The van der Waals surface area contributed by atoms with Gasteiger partial charge in [0.1, 0.15) is 11.4 Å². The average Bonchev–Trinajstić information content (AvgIpc) is 2.70. The van der Waals surface area contributed by atoms with Gasteiger partial charge in [-0.2, -0.15) is 0 Å². The van der Waals surface area contributed by atoms with E-state index in [1.807, 2.05) is 0 Å². The van der Waals surface area contributed by atoms with Crippen LogP contribution in [0.5, 0.6) is 5.75 Å². The van der Waals surface area contributed by atoms with E-state index in [2.05, 4.69) is 4.98 Å². The van der Waals surface area contributed by atoms with Crippen LogP contribution in [-0.2, 0) is 49.5 Å². The van der Waals surface area contributed by atoms with Gasteiger partial charge in [-0.3, -0.25) is 19.4 Å². The van der Waals surface area contributed by atoms with Crippen LogP contribution < -0.4 is 4.74 Å². The summed E-state index contributed by atoms with van der Waals surface area (Å²) in [6.45, 7) is 2.77. The van der Waals surface area contributed by atoms with E-state index in [9.17, 15) is 24.3 Å². The molecule has 1 N–H and O–H groups in total. The average molecular weight is 441 g/mol. The van der Waals surface area contributed by atoms with Crippen molar-refractivity contribution in [3.63, 3.8) is 0 Å². The molecule has 1 saturated heterocycles. The maximum Gasteiger partial charge on any atom is 0.339 e. The van der Waals surface area contributed by atoms with E-state index >= 15 is 0 Å². The Kier molecular flexibility index (Phi) is 8.28. The van der Waals surface area contributed by atoms with Crippen LogP contribution in [0.3, 0.4) is 0 Å². The quantitative estimate of drug-likeness (QED) is 0.434. The third kappa shape index (κ3) is 6.12. The van der Waals surface area contributed by atoms with Crippen LogP contribution in [0.2, 0.25) is 0 Å². The van der Waals surface area contributed by atoms with Gasteiger partial charge in [0.2, 0.25) is 12.4 Å². The number of aromatic nitrogens is 1. The van der Waals surface area contributed by atoms with Crippen LogP contribution in [-0.4, -0.2) is 71.8 Å². The summed E-state index contributed by atoms with van der Waals surface area (Å²) in [5.41, 5.74) is 0.133. The first-order valence-corrected chi connectivity index (χ1v) is 9.14. The number of hydrogen-bond acceptors (Lipinski definition) is 12. The molecule has 12 nitrogen and oxygen atoms in total. The van der Waals surface area contributed by atoms with Crippen molar-refractivity contribution in [2.45, 2.75) is 58.1 Å². The van der Waals surface area contributed by atoms with Crippen molar-refractivity contribution in [1.29, 1.82) is 0 Å². The molecule has 1 aromatic heterocycles. The predicted octanol–water partition coefficient (Wildman–Crippen LogP) is -0.354. The van der Waals surface area contributed by atoms with Crippen LogP contribution >= 0.6 is 0 Å². The monoisotopic (exact) mass is 441 g/mol. The van der Waals surface area contributed by atoms with Gasteiger partial charge in [0.15, 0.2) is 18.3 Å². The number of methoxy groups -OCH3 is 1. The van der Waals surface area contributed by atoms with Crippen LogP contribution in [0.1, 0.15) is 26.5 Å². The molecule has 0 bridgehead atoms. The molecule has 170 valence electrons. The Morgan fingerprint density at radius 2 is 1.58 bits per heavy atom. The largest absolute Gasteiger partial charge is 0.467 e. The van der Waals surface area contributed by atoms with E-state index < -0.39 is 61.2 Å². The highest BCUT2D eigenvalue weighted by atomic mass is 16.7. The van der Waals surface area contributed by atoms with E-state index in [4.69, 9.17) is 28.4 Å². The standard InChI is InChI=1S/C19H23NO11/c1-9(22)27-14-15(28-10(2)23)17(29-11(3)24)19(31-16(14)18(25)26-4)30-13-6-5-7-20-12(13)8-21/h5-7,14-17,19,21H,8H2,1-4H3/t14-,15-,16-,17+,19+/m0/s1. The second-order valence-corrected chi connectivity index (χ2v) is 6.39. The molecule has 1 aliphatic heterocycles. The Balaban J connectivity index is 2.52. The minimum atomic E-state index is -1.58. The topological polar surface area (TPSA) is 157 Å². The number of pyridine rings is 1. The Bertz CT molecular complexity index is 827. The van der Waals surface area contributed by atoms with Crippen molar-refractivity contribution < 1.29 is 52.7 Å². The normalized spacial score (nSPS) is 25.1. The molecule has 12 heteroatoms. The van der Waals surface area contributed by atoms with Crippen molar-refractivity contribution in [2.24, 2.45) is 0 Å². The number of ether oxygens (including phenoxy) is 6. The van der Waals surface area contributed by atoms with E-state index in [0.29, 0.717) is 0 Å². The van der Waals surface area contributed by atoms with Gasteiger partial charge < -0.3 is 33.5 Å². The Labute approximate surface area is 177 Å². The van der Waals surface area contributed by atoms with Crippen molar-refractivity contribution in [3.05, 3.63) is 24.0 Å². The number of hydrogen-bond donors (Lipinski definition) is 1. The van der Waals surface area contributed by atoms with Gasteiger partial charge in [0.25, 0.3) is 0 Å². The van der Waals surface area contributed by atoms with Crippen molar-refractivity contribution >= 4 is 23.9 Å². The molecule has 1 aliphatic rings. The maximum absolute atomic E-state index is 12.3. The minimum absolute atomic E-state index is 0.0586. The molecular weight excluding hydrogens is 418 g/mol. The van der Waals surface area contributed by atoms with Gasteiger partial charge in [-0.25, -0.2) is 4.79 Å². The third-order valence-corrected chi connectivity index (χ3v) is 4.08. The third-order valence-electron chi connectivity index (χ3n) is 4.08. The maximum atomic E-state index is 12.3. The van der Waals surface area contributed by atoms with E-state index in [-0.39, 0.29) is 11.4 Å². The summed E-state index contributed by atoms with van der Waals surface area (Å²) in [5, 5.41) is 9.48. The highest BCUT2D eigenvalue weighted by molar-refractivity contribution is 5.77. The smallest absolute Gasteiger partial charge is 0.339 e. The number of aliphatic hydroxyl groups is 1. The second kappa shape index (κ2) is 10.7. The first kappa shape index (κ1) is 24.0. The fourth-order valence-electron chi connectivity index (χ4n) is 2.95. The number of esters is 4. The molecule has 0 aromatic carbocycles. The molecule has 0 saturated carbocycles. The highest BCUT2D eigenvalue weighted by Gasteiger charge is 2.55. The van der Waals surface area contributed by atoms with Crippen LogP contribution in [0, 0.1) is 0 Å². The van der Waals surface area contributed by atoms with Crippen molar-refractivity contribution in [1.82, 2.24) is 4.98 Å². The fourth-order valence-corrected chi connectivity index (χ4v) is 2.95. The number of rotatable bonds is 7. The molecule has 2 heterocycles. The van der Waals surface area contributed by atoms with E-state index in [1.165, 1.54) is 18.3 Å². The van der Waals surface area contributed by atoms with Gasteiger partial charge in [-0.05, 0) is 12.1 Å². The lowest BCUT2D eigenvalue weighted by Crippen LogP contribution is -2.64.